The van der Waals surface area contributed by atoms with Crippen LogP contribution in [0.15, 0.2) is 91.1 Å². The minimum atomic E-state index is -0.494. The van der Waals surface area contributed by atoms with Crippen LogP contribution in [-0.2, 0) is 11.3 Å². The number of carbonyl (C=O) groups excluding carboxylic acids is 1. The van der Waals surface area contributed by atoms with Crippen molar-refractivity contribution in [3.8, 4) is 22.4 Å². The minimum absolute atomic E-state index is 0.222. The molecule has 3 aromatic carbocycles. The monoisotopic (exact) mass is 368 g/mol. The first-order valence-corrected chi connectivity index (χ1v) is 9.13. The van der Waals surface area contributed by atoms with Gasteiger partial charge in [-0.1, -0.05) is 84.4 Å². The summed E-state index contributed by atoms with van der Waals surface area (Å²) >= 11 is 0. The Bertz CT molecular complexity index is 1080. The zero-order valence-corrected chi connectivity index (χ0v) is 15.6. The second-order valence-electron chi connectivity index (χ2n) is 6.63. The number of hydrogen-bond acceptors (Lipinski definition) is 3. The number of benzene rings is 3. The van der Waals surface area contributed by atoms with E-state index < -0.39 is 6.09 Å². The largest absolute Gasteiger partial charge is 0.443 e. The van der Waals surface area contributed by atoms with Crippen molar-refractivity contribution in [3.63, 3.8) is 0 Å². The summed E-state index contributed by atoms with van der Waals surface area (Å²) in [6.45, 7) is 2.31. The number of nitrogens with zero attached hydrogens (tertiary/aromatic N) is 2. The van der Waals surface area contributed by atoms with Crippen LogP contribution in [0.4, 0.5) is 4.79 Å². The summed E-state index contributed by atoms with van der Waals surface area (Å²) in [6.07, 6.45) is 1.13. The Hall–Kier alpha value is -3.66. The van der Waals surface area contributed by atoms with Gasteiger partial charge in [0.05, 0.1) is 5.69 Å². The van der Waals surface area contributed by atoms with E-state index in [0.717, 1.165) is 22.4 Å². The van der Waals surface area contributed by atoms with Gasteiger partial charge in [-0.25, -0.2) is 4.79 Å². The van der Waals surface area contributed by atoms with Crippen LogP contribution >= 0.6 is 0 Å². The van der Waals surface area contributed by atoms with Crippen LogP contribution in [0.3, 0.4) is 0 Å². The number of carbonyl (C=O) groups is 1. The molecule has 1 heterocycles. The highest BCUT2D eigenvalue weighted by Gasteiger charge is 2.10. The summed E-state index contributed by atoms with van der Waals surface area (Å²) in [5.74, 6) is 0. The van der Waals surface area contributed by atoms with Crippen LogP contribution in [0.5, 0.6) is 0 Å². The molecule has 0 saturated heterocycles. The highest BCUT2D eigenvalue weighted by molar-refractivity contribution is 5.72. The van der Waals surface area contributed by atoms with Crippen molar-refractivity contribution in [1.82, 2.24) is 9.78 Å². The first-order valence-electron chi connectivity index (χ1n) is 9.13. The van der Waals surface area contributed by atoms with Gasteiger partial charge in [-0.3, -0.25) is 0 Å². The van der Waals surface area contributed by atoms with E-state index in [4.69, 9.17) is 4.74 Å². The highest BCUT2D eigenvalue weighted by atomic mass is 16.6. The summed E-state index contributed by atoms with van der Waals surface area (Å²) in [5.41, 5.74) is 6.18. The fraction of sp³-hybridized carbons (Fsp3) is 0.0833. The van der Waals surface area contributed by atoms with Gasteiger partial charge in [0.1, 0.15) is 6.61 Å². The molecule has 4 aromatic rings. The van der Waals surface area contributed by atoms with Crippen molar-refractivity contribution in [2.75, 3.05) is 0 Å². The Labute approximate surface area is 164 Å². The quantitative estimate of drug-likeness (QED) is 0.463. The van der Waals surface area contributed by atoms with E-state index >= 15 is 0 Å². The van der Waals surface area contributed by atoms with Crippen LogP contribution in [0, 0.1) is 6.92 Å². The molecule has 0 saturated carbocycles. The molecule has 0 aliphatic heterocycles. The van der Waals surface area contributed by atoms with Crippen LogP contribution in [-0.4, -0.2) is 15.9 Å². The van der Waals surface area contributed by atoms with Crippen molar-refractivity contribution in [2.24, 2.45) is 0 Å². The van der Waals surface area contributed by atoms with Crippen LogP contribution in [0.1, 0.15) is 11.1 Å². The summed E-state index contributed by atoms with van der Waals surface area (Å²) < 4.78 is 6.54. The van der Waals surface area contributed by atoms with E-state index in [1.165, 1.54) is 15.8 Å². The summed E-state index contributed by atoms with van der Waals surface area (Å²) in [6, 6.07) is 27.9. The molecule has 0 N–H and O–H groups in total. The average molecular weight is 368 g/mol. The van der Waals surface area contributed by atoms with E-state index in [0.29, 0.717) is 0 Å². The molecule has 0 bridgehead atoms. The van der Waals surface area contributed by atoms with Crippen LogP contribution in [0.25, 0.3) is 22.4 Å². The number of hydrogen-bond donors (Lipinski definition) is 0. The van der Waals surface area contributed by atoms with E-state index in [-0.39, 0.29) is 6.61 Å². The van der Waals surface area contributed by atoms with Gasteiger partial charge in [0.15, 0.2) is 0 Å². The van der Waals surface area contributed by atoms with E-state index in [1.54, 1.807) is 6.20 Å². The Morgan fingerprint density at radius 2 is 1.61 bits per heavy atom. The van der Waals surface area contributed by atoms with E-state index in [2.05, 4.69) is 48.4 Å². The molecule has 0 unspecified atom stereocenters. The lowest BCUT2D eigenvalue weighted by molar-refractivity contribution is 0.138. The standard InChI is InChI=1S/C24H20N2O2/c1-18-6-5-9-22(16-18)20-10-12-21(13-11-20)23-14-15-26(25-23)24(27)28-17-19-7-3-2-4-8-19/h2-16H,17H2,1H3. The minimum Gasteiger partial charge on any atom is -0.443 e. The molecule has 4 heteroatoms. The summed E-state index contributed by atoms with van der Waals surface area (Å²) in [4.78, 5) is 12.2. The maximum absolute atomic E-state index is 12.2. The SMILES string of the molecule is Cc1cccc(-c2ccc(-c3ccn(C(=O)OCc4ccccc4)n3)cc2)c1. The Kier molecular flexibility index (Phi) is 5.02. The third kappa shape index (κ3) is 4.01. The maximum atomic E-state index is 12.2. The molecule has 1 aromatic heterocycles. The first kappa shape index (κ1) is 17.7. The van der Waals surface area contributed by atoms with Gasteiger partial charge < -0.3 is 4.74 Å². The molecule has 4 rings (SSSR count). The van der Waals surface area contributed by atoms with Gasteiger partial charge >= 0.3 is 6.09 Å². The summed E-state index contributed by atoms with van der Waals surface area (Å²) in [7, 11) is 0. The smallest absolute Gasteiger partial charge is 0.435 e. The Balaban J connectivity index is 1.45. The molecule has 0 radical (unpaired) electrons. The molecule has 138 valence electrons. The topological polar surface area (TPSA) is 44.1 Å². The number of aryl methyl sites for hydroxylation is 1. The van der Waals surface area contributed by atoms with Crippen LogP contribution < -0.4 is 0 Å². The fourth-order valence-electron chi connectivity index (χ4n) is 3.02. The number of rotatable bonds is 4. The lowest BCUT2D eigenvalue weighted by Gasteiger charge is -2.05. The number of aromatic nitrogens is 2. The molecule has 28 heavy (non-hydrogen) atoms. The molecule has 0 aliphatic carbocycles. The third-order valence-electron chi connectivity index (χ3n) is 4.51. The van der Waals surface area contributed by atoms with Gasteiger partial charge in [-0.05, 0) is 29.7 Å². The summed E-state index contributed by atoms with van der Waals surface area (Å²) in [5, 5.41) is 4.35. The van der Waals surface area contributed by atoms with Crippen molar-refractivity contribution >= 4 is 6.09 Å². The van der Waals surface area contributed by atoms with Crippen molar-refractivity contribution in [3.05, 3.63) is 102 Å². The zero-order chi connectivity index (χ0) is 19.3. The molecular weight excluding hydrogens is 348 g/mol. The molecule has 4 nitrogen and oxygen atoms in total. The predicted octanol–water partition coefficient (Wildman–Crippen LogP) is 5.71. The molecule has 0 atom stereocenters. The third-order valence-corrected chi connectivity index (χ3v) is 4.51. The average Bonchev–Trinajstić information content (AvgIpc) is 3.23. The van der Waals surface area contributed by atoms with Crippen LogP contribution in [0.2, 0.25) is 0 Å². The van der Waals surface area contributed by atoms with E-state index in [9.17, 15) is 4.79 Å². The second-order valence-corrected chi connectivity index (χ2v) is 6.63. The van der Waals surface area contributed by atoms with Gasteiger partial charge in [-0.15, -0.1) is 0 Å². The van der Waals surface area contributed by atoms with Gasteiger partial charge in [0.2, 0.25) is 0 Å². The molecule has 0 spiro atoms. The van der Waals surface area contributed by atoms with Gasteiger partial charge in [0, 0.05) is 11.8 Å². The lowest BCUT2D eigenvalue weighted by Crippen LogP contribution is -2.14. The Morgan fingerprint density at radius 1 is 0.857 bits per heavy atom. The van der Waals surface area contributed by atoms with Gasteiger partial charge in [-0.2, -0.15) is 9.78 Å². The number of ether oxygens (including phenoxy) is 1. The van der Waals surface area contributed by atoms with Crippen molar-refractivity contribution in [2.45, 2.75) is 13.5 Å². The second kappa shape index (κ2) is 7.92. The van der Waals surface area contributed by atoms with Gasteiger partial charge in [0.25, 0.3) is 0 Å². The molecule has 0 aliphatic rings. The maximum Gasteiger partial charge on any atom is 0.435 e. The normalized spacial score (nSPS) is 10.6. The van der Waals surface area contributed by atoms with E-state index in [1.807, 2.05) is 48.5 Å². The molecule has 0 fully saturated rings. The fourth-order valence-corrected chi connectivity index (χ4v) is 3.02. The Morgan fingerprint density at radius 3 is 2.36 bits per heavy atom. The molecular formula is C24H20N2O2. The zero-order valence-electron chi connectivity index (χ0n) is 15.6. The highest BCUT2D eigenvalue weighted by Crippen LogP contribution is 2.24. The lowest BCUT2D eigenvalue weighted by atomic mass is 10.0. The van der Waals surface area contributed by atoms with Crippen molar-refractivity contribution in [1.29, 1.82) is 0 Å². The first-order chi connectivity index (χ1) is 13.7. The molecule has 0 amide bonds. The van der Waals surface area contributed by atoms with Crippen molar-refractivity contribution < 1.29 is 9.53 Å². The predicted molar refractivity (Wildman–Crippen MR) is 110 cm³/mol.